The van der Waals surface area contributed by atoms with E-state index in [1.807, 2.05) is 19.1 Å². The number of rotatable bonds is 6. The van der Waals surface area contributed by atoms with Crippen molar-refractivity contribution in [3.05, 3.63) is 35.0 Å². The molecule has 0 amide bonds. The van der Waals surface area contributed by atoms with Crippen molar-refractivity contribution in [2.75, 3.05) is 24.3 Å². The quantitative estimate of drug-likeness (QED) is 0.844. The Bertz CT molecular complexity index is 619. The molecule has 2 rings (SSSR count). The molecular formula is C15H19ClN4O. The molecule has 5 nitrogen and oxygen atoms in total. The maximum Gasteiger partial charge on any atom is 0.229 e. The standard InChI is InChI=1S/C15H19ClN4O/c1-4-6-17-14-5-7-18-15(20-14)19-12-8-10(2)11(16)9-13(12)21-3/h5,7-9H,4,6H2,1-3H3,(H2,17,18,19,20). The topological polar surface area (TPSA) is 59.1 Å². The summed E-state index contributed by atoms with van der Waals surface area (Å²) in [6.07, 6.45) is 2.75. The lowest BCUT2D eigenvalue weighted by atomic mass is 10.2. The zero-order chi connectivity index (χ0) is 15.2. The molecule has 0 spiro atoms. The summed E-state index contributed by atoms with van der Waals surface area (Å²) in [5.74, 6) is 1.95. The summed E-state index contributed by atoms with van der Waals surface area (Å²) in [4.78, 5) is 8.63. The number of nitrogens with one attached hydrogen (secondary N) is 2. The number of aromatic nitrogens is 2. The number of halogens is 1. The van der Waals surface area contributed by atoms with Gasteiger partial charge in [-0.15, -0.1) is 0 Å². The van der Waals surface area contributed by atoms with Crippen molar-refractivity contribution in [2.24, 2.45) is 0 Å². The third-order valence-corrected chi connectivity index (χ3v) is 3.35. The van der Waals surface area contributed by atoms with E-state index in [1.54, 1.807) is 19.4 Å². The first-order chi connectivity index (χ1) is 10.1. The fraction of sp³-hybridized carbons (Fsp3) is 0.333. The van der Waals surface area contributed by atoms with E-state index < -0.39 is 0 Å². The second kappa shape index (κ2) is 7.13. The molecule has 0 saturated carbocycles. The monoisotopic (exact) mass is 306 g/mol. The van der Waals surface area contributed by atoms with E-state index in [0.29, 0.717) is 16.7 Å². The molecule has 1 aromatic carbocycles. The van der Waals surface area contributed by atoms with E-state index in [9.17, 15) is 0 Å². The van der Waals surface area contributed by atoms with Gasteiger partial charge >= 0.3 is 0 Å². The number of ether oxygens (including phenoxy) is 1. The Morgan fingerprint density at radius 3 is 2.86 bits per heavy atom. The minimum absolute atomic E-state index is 0.510. The van der Waals surface area contributed by atoms with Gasteiger partial charge in [0, 0.05) is 23.8 Å². The lowest BCUT2D eigenvalue weighted by Gasteiger charge is -2.12. The van der Waals surface area contributed by atoms with Crippen LogP contribution in [-0.4, -0.2) is 23.6 Å². The SMILES string of the molecule is CCCNc1ccnc(Nc2cc(C)c(Cl)cc2OC)n1. The van der Waals surface area contributed by atoms with Gasteiger partial charge in [-0.25, -0.2) is 4.98 Å². The molecule has 21 heavy (non-hydrogen) atoms. The van der Waals surface area contributed by atoms with Gasteiger partial charge in [-0.3, -0.25) is 0 Å². The Balaban J connectivity index is 2.23. The van der Waals surface area contributed by atoms with Gasteiger partial charge in [0.1, 0.15) is 11.6 Å². The molecule has 0 aliphatic rings. The Morgan fingerprint density at radius 1 is 1.33 bits per heavy atom. The van der Waals surface area contributed by atoms with Crippen molar-refractivity contribution in [1.29, 1.82) is 0 Å². The summed E-state index contributed by atoms with van der Waals surface area (Å²) >= 11 is 6.10. The highest BCUT2D eigenvalue weighted by Gasteiger charge is 2.09. The largest absolute Gasteiger partial charge is 0.495 e. The normalized spacial score (nSPS) is 10.3. The highest BCUT2D eigenvalue weighted by molar-refractivity contribution is 6.31. The average molecular weight is 307 g/mol. The molecule has 0 bridgehead atoms. The summed E-state index contributed by atoms with van der Waals surface area (Å²) in [6.45, 7) is 4.92. The zero-order valence-corrected chi connectivity index (χ0v) is 13.2. The smallest absolute Gasteiger partial charge is 0.229 e. The van der Waals surface area contributed by atoms with Crippen LogP contribution < -0.4 is 15.4 Å². The van der Waals surface area contributed by atoms with Crippen LogP contribution in [0.4, 0.5) is 17.5 Å². The number of benzene rings is 1. The van der Waals surface area contributed by atoms with Crippen molar-refractivity contribution in [3.63, 3.8) is 0 Å². The van der Waals surface area contributed by atoms with Crippen molar-refractivity contribution in [3.8, 4) is 5.75 Å². The van der Waals surface area contributed by atoms with Gasteiger partial charge in [0.25, 0.3) is 0 Å². The molecule has 0 fully saturated rings. The molecule has 2 aromatic rings. The van der Waals surface area contributed by atoms with E-state index >= 15 is 0 Å². The molecule has 0 aliphatic heterocycles. The molecule has 0 unspecified atom stereocenters. The van der Waals surface area contributed by atoms with Crippen LogP contribution in [0, 0.1) is 6.92 Å². The van der Waals surface area contributed by atoms with Gasteiger partial charge in [0.2, 0.25) is 5.95 Å². The average Bonchev–Trinajstić information content (AvgIpc) is 2.49. The predicted molar refractivity (Wildman–Crippen MR) is 86.8 cm³/mol. The van der Waals surface area contributed by atoms with Crippen molar-refractivity contribution in [1.82, 2.24) is 9.97 Å². The number of hydrogen-bond acceptors (Lipinski definition) is 5. The molecule has 0 radical (unpaired) electrons. The second-order valence-corrected chi connectivity index (χ2v) is 5.03. The molecule has 0 saturated heterocycles. The maximum atomic E-state index is 6.10. The Morgan fingerprint density at radius 2 is 2.14 bits per heavy atom. The van der Waals surface area contributed by atoms with Crippen LogP contribution in [0.2, 0.25) is 5.02 Å². The first kappa shape index (κ1) is 15.4. The van der Waals surface area contributed by atoms with Crippen molar-refractivity contribution < 1.29 is 4.74 Å². The third-order valence-electron chi connectivity index (χ3n) is 2.94. The highest BCUT2D eigenvalue weighted by Crippen LogP contribution is 2.32. The number of nitrogens with zero attached hydrogens (tertiary/aromatic N) is 2. The highest BCUT2D eigenvalue weighted by atomic mass is 35.5. The van der Waals surface area contributed by atoms with Crippen LogP contribution in [0.15, 0.2) is 24.4 Å². The van der Waals surface area contributed by atoms with Gasteiger partial charge < -0.3 is 15.4 Å². The minimum Gasteiger partial charge on any atom is -0.495 e. The van der Waals surface area contributed by atoms with Gasteiger partial charge in [-0.2, -0.15) is 4.98 Å². The summed E-state index contributed by atoms with van der Waals surface area (Å²) in [6, 6.07) is 5.53. The lowest BCUT2D eigenvalue weighted by molar-refractivity contribution is 0.416. The maximum absolute atomic E-state index is 6.10. The molecule has 0 aliphatic carbocycles. The summed E-state index contributed by atoms with van der Waals surface area (Å²) in [5.41, 5.74) is 1.74. The van der Waals surface area contributed by atoms with Gasteiger partial charge in [0.15, 0.2) is 0 Å². The number of anilines is 3. The second-order valence-electron chi connectivity index (χ2n) is 4.62. The van der Waals surface area contributed by atoms with E-state index in [-0.39, 0.29) is 0 Å². The molecule has 112 valence electrons. The number of methoxy groups -OCH3 is 1. The van der Waals surface area contributed by atoms with E-state index in [0.717, 1.165) is 30.0 Å². The first-order valence-corrected chi connectivity index (χ1v) is 7.20. The van der Waals surface area contributed by atoms with Crippen molar-refractivity contribution >= 4 is 29.1 Å². The van der Waals surface area contributed by atoms with Gasteiger partial charge in [-0.1, -0.05) is 18.5 Å². The fourth-order valence-electron chi connectivity index (χ4n) is 1.82. The van der Waals surface area contributed by atoms with E-state index in [2.05, 4.69) is 27.5 Å². The first-order valence-electron chi connectivity index (χ1n) is 6.82. The molecule has 2 N–H and O–H groups in total. The fourth-order valence-corrected chi connectivity index (χ4v) is 1.97. The van der Waals surface area contributed by atoms with Gasteiger partial charge in [0.05, 0.1) is 12.8 Å². The van der Waals surface area contributed by atoms with E-state index in [1.165, 1.54) is 0 Å². The Hall–Kier alpha value is -2.01. The number of hydrogen-bond donors (Lipinski definition) is 2. The molecule has 6 heteroatoms. The summed E-state index contributed by atoms with van der Waals surface area (Å²) in [7, 11) is 1.60. The third kappa shape index (κ3) is 3.98. The lowest BCUT2D eigenvalue weighted by Crippen LogP contribution is -2.05. The molecule has 0 atom stereocenters. The Kier molecular flexibility index (Phi) is 5.22. The minimum atomic E-state index is 0.510. The summed E-state index contributed by atoms with van der Waals surface area (Å²) < 4.78 is 5.33. The summed E-state index contributed by atoms with van der Waals surface area (Å²) in [5, 5.41) is 7.05. The van der Waals surface area contributed by atoms with Crippen LogP contribution in [0.5, 0.6) is 5.75 Å². The predicted octanol–water partition coefficient (Wildman–Crippen LogP) is 4.01. The van der Waals surface area contributed by atoms with Crippen LogP contribution >= 0.6 is 11.6 Å². The molecular weight excluding hydrogens is 288 g/mol. The van der Waals surface area contributed by atoms with Crippen LogP contribution in [0.1, 0.15) is 18.9 Å². The van der Waals surface area contributed by atoms with Gasteiger partial charge in [-0.05, 0) is 31.0 Å². The van der Waals surface area contributed by atoms with Crippen molar-refractivity contribution in [2.45, 2.75) is 20.3 Å². The Labute approximate surface area is 129 Å². The van der Waals surface area contributed by atoms with E-state index in [4.69, 9.17) is 16.3 Å². The van der Waals surface area contributed by atoms with Crippen LogP contribution in [0.3, 0.4) is 0 Å². The van der Waals surface area contributed by atoms with Crippen LogP contribution in [0.25, 0.3) is 0 Å². The molecule has 1 aromatic heterocycles. The number of aryl methyl sites for hydroxylation is 1. The molecule has 1 heterocycles. The van der Waals surface area contributed by atoms with Crippen LogP contribution in [-0.2, 0) is 0 Å². The zero-order valence-electron chi connectivity index (χ0n) is 12.4.